The third-order valence-corrected chi connectivity index (χ3v) is 10.8. The van der Waals surface area contributed by atoms with Crippen molar-refractivity contribution in [3.8, 4) is 0 Å². The number of allylic oxidation sites excluding steroid dienone is 20. The lowest BCUT2D eigenvalue weighted by Gasteiger charge is -2.15. The first-order chi connectivity index (χ1) is 31.6. The topological polar surface area (TPSA) is 72.8 Å². The van der Waals surface area contributed by atoms with E-state index in [-0.39, 0.29) is 25.2 Å². The van der Waals surface area contributed by atoms with E-state index in [0.717, 1.165) is 116 Å². The van der Waals surface area contributed by atoms with Gasteiger partial charge >= 0.3 is 11.9 Å². The highest BCUT2D eigenvalue weighted by molar-refractivity contribution is 5.70. The van der Waals surface area contributed by atoms with E-state index in [0.29, 0.717) is 12.8 Å². The van der Waals surface area contributed by atoms with Gasteiger partial charge in [0.15, 0.2) is 6.10 Å². The molecule has 1 unspecified atom stereocenters. The lowest BCUT2D eigenvalue weighted by Crippen LogP contribution is -2.28. The van der Waals surface area contributed by atoms with Gasteiger partial charge in [0.2, 0.25) is 0 Å². The summed E-state index contributed by atoms with van der Waals surface area (Å²) in [6, 6.07) is 0. The highest BCUT2D eigenvalue weighted by atomic mass is 16.6. The molecule has 0 aliphatic rings. The van der Waals surface area contributed by atoms with Crippen LogP contribution in [-0.2, 0) is 19.1 Å². The van der Waals surface area contributed by atoms with E-state index < -0.39 is 6.10 Å². The molecule has 0 spiro atoms. The lowest BCUT2D eigenvalue weighted by molar-refractivity contribution is -0.161. The third kappa shape index (κ3) is 50.9. The van der Waals surface area contributed by atoms with Crippen LogP contribution in [0.4, 0.5) is 0 Å². The molecular formula is C59H96O5. The summed E-state index contributed by atoms with van der Waals surface area (Å²) in [5.41, 5.74) is 0. The number of rotatable bonds is 46. The quantitative estimate of drug-likeness (QED) is 0.0375. The third-order valence-electron chi connectivity index (χ3n) is 10.8. The molecule has 5 nitrogen and oxygen atoms in total. The Labute approximate surface area is 394 Å². The molecule has 0 rings (SSSR count). The van der Waals surface area contributed by atoms with Crippen molar-refractivity contribution >= 4 is 11.9 Å². The number of aliphatic hydroxyl groups excluding tert-OH is 1. The fourth-order valence-electron chi connectivity index (χ4n) is 6.88. The van der Waals surface area contributed by atoms with E-state index in [1.54, 1.807) is 0 Å². The summed E-state index contributed by atoms with van der Waals surface area (Å²) >= 11 is 0. The fraction of sp³-hybridized carbons (Fsp3) is 0.627. The number of carbonyl (C=O) groups is 2. The van der Waals surface area contributed by atoms with Crippen LogP contribution in [0.1, 0.15) is 219 Å². The molecule has 0 aliphatic heterocycles. The zero-order valence-electron chi connectivity index (χ0n) is 41.2. The lowest BCUT2D eigenvalue weighted by atomic mass is 10.0. The second-order valence-electron chi connectivity index (χ2n) is 16.9. The van der Waals surface area contributed by atoms with Gasteiger partial charge in [0, 0.05) is 12.8 Å². The Bertz CT molecular complexity index is 1320. The Hall–Kier alpha value is -3.70. The first-order valence-electron chi connectivity index (χ1n) is 26.1. The van der Waals surface area contributed by atoms with Crippen LogP contribution in [0, 0.1) is 0 Å². The molecule has 0 saturated carbocycles. The number of hydrogen-bond acceptors (Lipinski definition) is 5. The zero-order chi connectivity index (χ0) is 46.3. The number of carbonyl (C=O) groups excluding carboxylic acids is 2. The van der Waals surface area contributed by atoms with Crippen LogP contribution < -0.4 is 0 Å². The molecule has 0 heterocycles. The molecule has 64 heavy (non-hydrogen) atoms. The highest BCUT2D eigenvalue weighted by Gasteiger charge is 2.16. The molecule has 0 amide bonds. The van der Waals surface area contributed by atoms with Crippen molar-refractivity contribution in [1.82, 2.24) is 0 Å². The fourth-order valence-corrected chi connectivity index (χ4v) is 6.88. The van der Waals surface area contributed by atoms with Gasteiger partial charge in [-0.1, -0.05) is 238 Å². The summed E-state index contributed by atoms with van der Waals surface area (Å²) in [5, 5.41) is 9.61. The van der Waals surface area contributed by atoms with Crippen molar-refractivity contribution in [3.05, 3.63) is 122 Å². The molecule has 1 N–H and O–H groups in total. The van der Waals surface area contributed by atoms with E-state index in [1.807, 2.05) is 0 Å². The summed E-state index contributed by atoms with van der Waals surface area (Å²) in [6.07, 6.45) is 78.6. The average molecular weight is 885 g/mol. The van der Waals surface area contributed by atoms with Crippen molar-refractivity contribution in [1.29, 1.82) is 0 Å². The largest absolute Gasteiger partial charge is 0.462 e. The number of hydrogen-bond donors (Lipinski definition) is 1. The second-order valence-corrected chi connectivity index (χ2v) is 16.9. The molecular weight excluding hydrogens is 789 g/mol. The summed E-state index contributed by atoms with van der Waals surface area (Å²) in [6.45, 7) is 4.00. The van der Waals surface area contributed by atoms with E-state index in [2.05, 4.69) is 135 Å². The Morgan fingerprint density at radius 1 is 0.375 bits per heavy atom. The van der Waals surface area contributed by atoms with E-state index in [1.165, 1.54) is 77.0 Å². The predicted octanol–water partition coefficient (Wildman–Crippen LogP) is 17.5. The minimum absolute atomic E-state index is 0.0809. The van der Waals surface area contributed by atoms with Crippen LogP contribution in [-0.4, -0.2) is 36.4 Å². The molecule has 0 saturated heterocycles. The molecule has 0 radical (unpaired) electrons. The van der Waals surface area contributed by atoms with Crippen LogP contribution >= 0.6 is 0 Å². The minimum atomic E-state index is -0.792. The highest BCUT2D eigenvalue weighted by Crippen LogP contribution is 2.14. The molecule has 362 valence electrons. The smallest absolute Gasteiger partial charge is 0.306 e. The van der Waals surface area contributed by atoms with Crippen LogP contribution in [0.25, 0.3) is 0 Å². The van der Waals surface area contributed by atoms with Crippen molar-refractivity contribution in [3.63, 3.8) is 0 Å². The van der Waals surface area contributed by atoms with E-state index in [9.17, 15) is 14.7 Å². The molecule has 0 bridgehead atoms. The van der Waals surface area contributed by atoms with Gasteiger partial charge in [-0.05, 0) is 89.9 Å². The Morgan fingerprint density at radius 3 is 1.02 bits per heavy atom. The summed E-state index contributed by atoms with van der Waals surface area (Å²) in [5.74, 6) is -0.623. The average Bonchev–Trinajstić information content (AvgIpc) is 3.30. The van der Waals surface area contributed by atoms with Gasteiger partial charge in [-0.25, -0.2) is 0 Å². The van der Waals surface area contributed by atoms with E-state index >= 15 is 0 Å². The van der Waals surface area contributed by atoms with Crippen LogP contribution in [0.2, 0.25) is 0 Å². The Morgan fingerprint density at radius 2 is 0.672 bits per heavy atom. The predicted molar refractivity (Wildman–Crippen MR) is 278 cm³/mol. The Balaban J connectivity index is 3.66. The zero-order valence-corrected chi connectivity index (χ0v) is 41.2. The van der Waals surface area contributed by atoms with Gasteiger partial charge < -0.3 is 14.6 Å². The van der Waals surface area contributed by atoms with Crippen molar-refractivity contribution < 1.29 is 24.2 Å². The minimum Gasteiger partial charge on any atom is -0.462 e. The molecule has 0 aromatic carbocycles. The van der Waals surface area contributed by atoms with Crippen molar-refractivity contribution in [2.24, 2.45) is 0 Å². The van der Waals surface area contributed by atoms with Crippen LogP contribution in [0.3, 0.4) is 0 Å². The summed E-state index contributed by atoms with van der Waals surface area (Å²) < 4.78 is 10.6. The maximum Gasteiger partial charge on any atom is 0.306 e. The number of unbranched alkanes of at least 4 members (excludes halogenated alkanes) is 18. The van der Waals surface area contributed by atoms with Crippen molar-refractivity contribution in [2.45, 2.75) is 225 Å². The van der Waals surface area contributed by atoms with Gasteiger partial charge in [0.05, 0.1) is 6.61 Å². The van der Waals surface area contributed by atoms with Gasteiger partial charge in [-0.2, -0.15) is 0 Å². The SMILES string of the molecule is CC/C=C\C/C=C\C/C=C\C/C=C\C/C=C\C/C=C\C/C=C\C/C=C\C/C=C\C/C=C\CCCCCCC(=O)OC(CO)COC(=O)CCCCCCCCCCCCCCCCC. The maximum absolute atomic E-state index is 12.3. The number of esters is 2. The van der Waals surface area contributed by atoms with Gasteiger partial charge in [-0.3, -0.25) is 9.59 Å². The van der Waals surface area contributed by atoms with Gasteiger partial charge in [-0.15, -0.1) is 0 Å². The number of ether oxygens (including phenoxy) is 2. The van der Waals surface area contributed by atoms with Crippen LogP contribution in [0.15, 0.2) is 122 Å². The molecule has 0 aromatic heterocycles. The monoisotopic (exact) mass is 885 g/mol. The van der Waals surface area contributed by atoms with Gasteiger partial charge in [0.25, 0.3) is 0 Å². The maximum atomic E-state index is 12.3. The molecule has 0 aromatic rings. The number of aliphatic hydroxyl groups is 1. The molecule has 0 fully saturated rings. The molecule has 0 aliphatic carbocycles. The molecule has 1 atom stereocenters. The first kappa shape index (κ1) is 60.3. The molecule has 5 heteroatoms. The summed E-state index contributed by atoms with van der Waals surface area (Å²) in [4.78, 5) is 24.4. The summed E-state index contributed by atoms with van der Waals surface area (Å²) in [7, 11) is 0. The van der Waals surface area contributed by atoms with Gasteiger partial charge in [0.1, 0.15) is 6.61 Å². The Kier molecular flexibility index (Phi) is 50.5. The van der Waals surface area contributed by atoms with Crippen LogP contribution in [0.5, 0.6) is 0 Å². The first-order valence-corrected chi connectivity index (χ1v) is 26.1. The standard InChI is InChI=1S/C59H96O5/c1-3-5-7-9-11-13-15-17-19-20-21-22-23-24-25-26-27-28-29-30-31-32-33-34-35-36-37-38-40-42-44-46-48-50-52-54-59(62)64-57(55-60)56-63-58(61)53-51-49-47-45-43-41-39-18-16-14-12-10-8-6-4-2/h5,7,11,13,17,19,21-22,24-25,27-28,30-31,33-34,36-37,40,42,57,60H,3-4,6,8-10,12,14-16,18,20,23,26,29,32,35,38-39,41,43-56H2,1-2H3/b7-5-,13-11-,19-17-,22-21-,25-24-,28-27-,31-30-,34-33-,37-36-,42-40-. The van der Waals surface area contributed by atoms with Crippen molar-refractivity contribution in [2.75, 3.05) is 13.2 Å². The van der Waals surface area contributed by atoms with E-state index in [4.69, 9.17) is 9.47 Å². The second kappa shape index (κ2) is 53.6. The normalized spacial score (nSPS) is 13.2.